The zero-order valence-corrected chi connectivity index (χ0v) is 16.6. The highest BCUT2D eigenvalue weighted by atomic mass is 32.2. The molecule has 0 saturated carbocycles. The molecular formula is C19H15F2N5O3S. The molecule has 8 nitrogen and oxygen atoms in total. The van der Waals surface area contributed by atoms with E-state index in [9.17, 15) is 17.2 Å². The molecule has 3 aromatic heterocycles. The number of halogens is 2. The van der Waals surface area contributed by atoms with Gasteiger partial charge in [-0.1, -0.05) is 0 Å². The first-order valence-electron chi connectivity index (χ1n) is 8.62. The molecule has 0 atom stereocenters. The van der Waals surface area contributed by atoms with Crippen molar-refractivity contribution in [3.63, 3.8) is 0 Å². The number of rotatable bonds is 5. The number of ether oxygens (including phenoxy) is 1. The number of nitrogens with one attached hydrogen (secondary N) is 1. The van der Waals surface area contributed by atoms with Gasteiger partial charge in [-0.15, -0.1) is 0 Å². The van der Waals surface area contributed by atoms with Crippen molar-refractivity contribution < 1.29 is 21.9 Å². The minimum atomic E-state index is -4.37. The fourth-order valence-corrected chi connectivity index (χ4v) is 3.97. The smallest absolute Gasteiger partial charge is 0.264 e. The summed E-state index contributed by atoms with van der Waals surface area (Å²) < 4.78 is 61.4. The molecule has 1 N–H and O–H groups in total. The number of benzene rings is 1. The Morgan fingerprint density at radius 1 is 1.13 bits per heavy atom. The topological polar surface area (TPSA) is 98.5 Å². The lowest BCUT2D eigenvalue weighted by Crippen LogP contribution is -2.16. The number of aromatic nitrogens is 4. The highest BCUT2D eigenvalue weighted by molar-refractivity contribution is 7.92. The maximum absolute atomic E-state index is 14.0. The van der Waals surface area contributed by atoms with Crippen LogP contribution in [0.5, 0.6) is 5.88 Å². The molecule has 4 aromatic rings. The van der Waals surface area contributed by atoms with Crippen LogP contribution < -0.4 is 9.46 Å². The first-order chi connectivity index (χ1) is 14.3. The molecule has 0 aliphatic carbocycles. The third kappa shape index (κ3) is 3.54. The average molecular weight is 431 g/mol. The van der Waals surface area contributed by atoms with Crippen LogP contribution in [0.2, 0.25) is 0 Å². The Morgan fingerprint density at radius 3 is 2.67 bits per heavy atom. The van der Waals surface area contributed by atoms with E-state index in [2.05, 4.69) is 19.8 Å². The minimum Gasteiger partial charge on any atom is -0.480 e. The molecule has 11 heteroatoms. The highest BCUT2D eigenvalue weighted by Gasteiger charge is 2.22. The third-order valence-corrected chi connectivity index (χ3v) is 5.71. The average Bonchev–Trinajstić information content (AvgIpc) is 3.07. The number of anilines is 1. The Morgan fingerprint density at radius 2 is 1.93 bits per heavy atom. The molecule has 0 radical (unpaired) electrons. The molecule has 1 aromatic carbocycles. The molecule has 0 bridgehead atoms. The zero-order valence-electron chi connectivity index (χ0n) is 15.8. The van der Waals surface area contributed by atoms with E-state index >= 15 is 0 Å². The number of hydrogen-bond acceptors (Lipinski definition) is 6. The summed E-state index contributed by atoms with van der Waals surface area (Å²) in [4.78, 5) is 7.93. The van der Waals surface area contributed by atoms with Crippen molar-refractivity contribution in [3.8, 4) is 17.1 Å². The van der Waals surface area contributed by atoms with Crippen molar-refractivity contribution in [1.29, 1.82) is 0 Å². The fraction of sp³-hybridized carbons (Fsp3) is 0.105. The molecule has 0 fully saturated rings. The van der Waals surface area contributed by atoms with E-state index in [0.717, 1.165) is 17.7 Å². The Hall–Kier alpha value is -3.60. The molecule has 0 saturated heterocycles. The Bertz CT molecular complexity index is 1370. The number of nitrogens with zero attached hydrogens (tertiary/aromatic N) is 4. The standard InChI is InChI=1S/C19H15F2N5O3S/c1-11-9-23-26-6-5-15(24-18(11)26)12-7-16(19(29-2)22-10-12)25-30(27,28)17-4-3-13(20)8-14(17)21/h3-10,25H,1-2H3. The summed E-state index contributed by atoms with van der Waals surface area (Å²) in [5, 5.41) is 4.16. The second-order valence-electron chi connectivity index (χ2n) is 6.37. The van der Waals surface area contributed by atoms with E-state index in [0.29, 0.717) is 23.0 Å². The lowest BCUT2D eigenvalue weighted by molar-refractivity contribution is 0.400. The Kier molecular flexibility index (Phi) is 4.82. The first-order valence-corrected chi connectivity index (χ1v) is 10.1. The maximum Gasteiger partial charge on any atom is 0.264 e. The Labute approximate surface area is 170 Å². The molecule has 0 aliphatic heterocycles. The molecule has 4 rings (SSSR count). The first kappa shape index (κ1) is 19.7. The lowest BCUT2D eigenvalue weighted by atomic mass is 10.2. The summed E-state index contributed by atoms with van der Waals surface area (Å²) in [5.41, 5.74) is 2.50. The SMILES string of the molecule is COc1ncc(-c2ccn3ncc(C)c3n2)cc1NS(=O)(=O)c1ccc(F)cc1F. The summed E-state index contributed by atoms with van der Waals surface area (Å²) in [7, 11) is -3.05. The molecular weight excluding hydrogens is 416 g/mol. The molecule has 30 heavy (non-hydrogen) atoms. The van der Waals surface area contributed by atoms with Crippen molar-refractivity contribution in [3.05, 3.63) is 66.1 Å². The van der Waals surface area contributed by atoms with Crippen molar-refractivity contribution in [2.45, 2.75) is 11.8 Å². The van der Waals surface area contributed by atoms with E-state index < -0.39 is 26.6 Å². The number of pyridine rings is 1. The molecule has 0 spiro atoms. The van der Waals surface area contributed by atoms with E-state index in [1.807, 2.05) is 6.92 Å². The maximum atomic E-state index is 14.0. The van der Waals surface area contributed by atoms with Gasteiger partial charge in [0.15, 0.2) is 5.65 Å². The fourth-order valence-electron chi connectivity index (χ4n) is 2.86. The number of sulfonamides is 1. The number of methoxy groups -OCH3 is 1. The van der Waals surface area contributed by atoms with Crippen LogP contribution >= 0.6 is 0 Å². The van der Waals surface area contributed by atoms with E-state index in [4.69, 9.17) is 4.74 Å². The van der Waals surface area contributed by atoms with Gasteiger partial charge in [-0.05, 0) is 31.2 Å². The van der Waals surface area contributed by atoms with Crippen LogP contribution in [0, 0.1) is 18.6 Å². The second-order valence-corrected chi connectivity index (χ2v) is 8.02. The van der Waals surface area contributed by atoms with Crippen LogP contribution in [0.3, 0.4) is 0 Å². The van der Waals surface area contributed by atoms with Crippen LogP contribution in [0.4, 0.5) is 14.5 Å². The van der Waals surface area contributed by atoms with Gasteiger partial charge < -0.3 is 4.74 Å². The minimum absolute atomic E-state index is 0.0218. The summed E-state index contributed by atoms with van der Waals surface area (Å²) in [6.45, 7) is 1.86. The largest absolute Gasteiger partial charge is 0.480 e. The van der Waals surface area contributed by atoms with Gasteiger partial charge in [-0.25, -0.2) is 31.7 Å². The zero-order chi connectivity index (χ0) is 21.5. The lowest BCUT2D eigenvalue weighted by Gasteiger charge is -2.13. The molecule has 0 aliphatic rings. The summed E-state index contributed by atoms with van der Waals surface area (Å²) in [5.74, 6) is -2.12. The molecule has 3 heterocycles. The van der Waals surface area contributed by atoms with Crippen LogP contribution in [-0.2, 0) is 10.0 Å². The van der Waals surface area contributed by atoms with Gasteiger partial charge in [0, 0.05) is 29.6 Å². The van der Waals surface area contributed by atoms with Gasteiger partial charge in [0.05, 0.1) is 19.0 Å². The second kappa shape index (κ2) is 7.34. The number of hydrogen-bond donors (Lipinski definition) is 1. The summed E-state index contributed by atoms with van der Waals surface area (Å²) >= 11 is 0. The van der Waals surface area contributed by atoms with Gasteiger partial charge >= 0.3 is 0 Å². The van der Waals surface area contributed by atoms with Gasteiger partial charge in [0.1, 0.15) is 22.2 Å². The Balaban J connectivity index is 1.76. The monoisotopic (exact) mass is 431 g/mol. The van der Waals surface area contributed by atoms with E-state index in [1.165, 1.54) is 19.4 Å². The number of aryl methyl sites for hydroxylation is 1. The molecule has 154 valence electrons. The van der Waals surface area contributed by atoms with Crippen LogP contribution in [-0.4, -0.2) is 35.1 Å². The predicted molar refractivity (Wildman–Crippen MR) is 105 cm³/mol. The number of fused-ring (bicyclic) bond motifs is 1. The molecule has 0 unspecified atom stereocenters. The van der Waals surface area contributed by atoms with Gasteiger partial charge in [-0.3, -0.25) is 4.72 Å². The van der Waals surface area contributed by atoms with Gasteiger partial charge in [0.25, 0.3) is 10.0 Å². The van der Waals surface area contributed by atoms with Gasteiger partial charge in [-0.2, -0.15) is 5.10 Å². The van der Waals surface area contributed by atoms with Crippen LogP contribution in [0.1, 0.15) is 5.56 Å². The quantitative estimate of drug-likeness (QED) is 0.521. The van der Waals surface area contributed by atoms with Crippen LogP contribution in [0.15, 0.2) is 53.8 Å². The van der Waals surface area contributed by atoms with Crippen molar-refractivity contribution in [1.82, 2.24) is 19.6 Å². The normalized spacial score (nSPS) is 11.6. The van der Waals surface area contributed by atoms with Crippen molar-refractivity contribution >= 4 is 21.4 Å². The van der Waals surface area contributed by atoms with Crippen molar-refractivity contribution in [2.24, 2.45) is 0 Å². The van der Waals surface area contributed by atoms with Gasteiger partial charge in [0.2, 0.25) is 5.88 Å². The van der Waals surface area contributed by atoms with Crippen molar-refractivity contribution in [2.75, 3.05) is 11.8 Å². The summed E-state index contributed by atoms with van der Waals surface area (Å²) in [6, 6.07) is 5.36. The summed E-state index contributed by atoms with van der Waals surface area (Å²) in [6.07, 6.45) is 4.86. The highest BCUT2D eigenvalue weighted by Crippen LogP contribution is 2.30. The van der Waals surface area contributed by atoms with E-state index in [-0.39, 0.29) is 11.6 Å². The van der Waals surface area contributed by atoms with E-state index in [1.54, 1.807) is 23.0 Å². The molecule has 0 amide bonds. The van der Waals surface area contributed by atoms with Crippen LogP contribution in [0.25, 0.3) is 16.9 Å². The third-order valence-electron chi connectivity index (χ3n) is 4.31. The predicted octanol–water partition coefficient (Wildman–Crippen LogP) is 3.19.